The van der Waals surface area contributed by atoms with Crippen LogP contribution in [0.5, 0.6) is 0 Å². The summed E-state index contributed by atoms with van der Waals surface area (Å²) in [6.07, 6.45) is 2.05. The van der Waals surface area contributed by atoms with Crippen molar-refractivity contribution < 1.29 is 26.4 Å². The number of carbonyl (C=O) groups excluding carboxylic acids is 1. The summed E-state index contributed by atoms with van der Waals surface area (Å²) in [7, 11) is -7.12. The molecule has 2 saturated heterocycles. The van der Waals surface area contributed by atoms with Crippen LogP contribution < -0.4 is 9.03 Å². The first-order valence-corrected chi connectivity index (χ1v) is 13.3. The van der Waals surface area contributed by atoms with E-state index in [-0.39, 0.29) is 22.8 Å². The standard InChI is InChI=1S/C19H29N3O6S2/c1-3-28-19(23)21-11-8-16(9-12-21)20-30(26,27)18-7-6-17(14-15(18)2)22-10-4-5-13-29(22,24)25/h6-7,14,16,20H,3-5,8-13H2,1-2H3. The molecular weight excluding hydrogens is 430 g/mol. The Kier molecular flexibility index (Phi) is 6.93. The molecule has 3 rings (SSSR count). The average molecular weight is 460 g/mol. The molecule has 0 bridgehead atoms. The van der Waals surface area contributed by atoms with Crippen molar-refractivity contribution in [1.29, 1.82) is 0 Å². The van der Waals surface area contributed by atoms with Gasteiger partial charge in [0.1, 0.15) is 0 Å². The second kappa shape index (κ2) is 9.11. The number of amides is 1. The van der Waals surface area contributed by atoms with Crippen molar-refractivity contribution in [3.63, 3.8) is 0 Å². The molecule has 2 aliphatic rings. The maximum atomic E-state index is 12.9. The Hall–Kier alpha value is -1.85. The normalized spacial score (nSPS) is 20.2. The van der Waals surface area contributed by atoms with Crippen molar-refractivity contribution in [3.8, 4) is 0 Å². The fourth-order valence-corrected chi connectivity index (χ4v) is 7.01. The van der Waals surface area contributed by atoms with E-state index in [0.717, 1.165) is 6.42 Å². The second-order valence-corrected chi connectivity index (χ2v) is 11.3. The lowest BCUT2D eigenvalue weighted by molar-refractivity contribution is 0.0966. The molecule has 0 radical (unpaired) electrons. The second-order valence-electron chi connectivity index (χ2n) is 7.63. The van der Waals surface area contributed by atoms with E-state index in [1.165, 1.54) is 10.4 Å². The molecule has 0 saturated carbocycles. The van der Waals surface area contributed by atoms with Crippen molar-refractivity contribution in [3.05, 3.63) is 23.8 Å². The third-order valence-electron chi connectivity index (χ3n) is 5.43. The van der Waals surface area contributed by atoms with Gasteiger partial charge in [-0.1, -0.05) is 0 Å². The van der Waals surface area contributed by atoms with Crippen LogP contribution in [0.15, 0.2) is 23.1 Å². The molecule has 0 aromatic heterocycles. The van der Waals surface area contributed by atoms with Crippen LogP contribution in [-0.4, -0.2) is 65.9 Å². The third kappa shape index (κ3) is 5.06. The highest BCUT2D eigenvalue weighted by molar-refractivity contribution is 7.92. The Balaban J connectivity index is 1.69. The predicted molar refractivity (Wildman–Crippen MR) is 113 cm³/mol. The van der Waals surface area contributed by atoms with Gasteiger partial charge in [0, 0.05) is 25.7 Å². The molecule has 0 unspecified atom stereocenters. The fourth-order valence-electron chi connectivity index (χ4n) is 3.85. The Morgan fingerprint density at radius 1 is 1.20 bits per heavy atom. The number of carbonyl (C=O) groups is 1. The van der Waals surface area contributed by atoms with Gasteiger partial charge in [-0.3, -0.25) is 4.31 Å². The van der Waals surface area contributed by atoms with Gasteiger partial charge in [-0.05, 0) is 63.3 Å². The van der Waals surface area contributed by atoms with Gasteiger partial charge < -0.3 is 9.64 Å². The molecule has 2 heterocycles. The number of piperidine rings is 1. The smallest absolute Gasteiger partial charge is 0.409 e. The predicted octanol–water partition coefficient (Wildman–Crippen LogP) is 1.82. The maximum Gasteiger partial charge on any atom is 0.409 e. The summed E-state index contributed by atoms with van der Waals surface area (Å²) in [6, 6.07) is 4.35. The van der Waals surface area contributed by atoms with E-state index in [1.807, 2.05) is 0 Å². The number of likely N-dealkylation sites (tertiary alicyclic amines) is 1. The summed E-state index contributed by atoms with van der Waals surface area (Å²) in [5.74, 6) is 0.109. The van der Waals surface area contributed by atoms with Crippen molar-refractivity contribution >= 4 is 31.8 Å². The Morgan fingerprint density at radius 3 is 2.50 bits per heavy atom. The lowest BCUT2D eigenvalue weighted by Crippen LogP contribution is -2.46. The van der Waals surface area contributed by atoms with Crippen LogP contribution in [0, 0.1) is 6.92 Å². The first-order valence-electron chi connectivity index (χ1n) is 10.2. The van der Waals surface area contributed by atoms with Gasteiger partial charge in [0.2, 0.25) is 20.0 Å². The molecule has 2 aliphatic heterocycles. The number of ether oxygens (including phenoxy) is 1. The summed E-state index contributed by atoms with van der Waals surface area (Å²) >= 11 is 0. The number of hydrogen-bond donors (Lipinski definition) is 1. The molecule has 168 valence electrons. The topological polar surface area (TPSA) is 113 Å². The first kappa shape index (κ1) is 22.8. The number of rotatable bonds is 5. The van der Waals surface area contributed by atoms with Gasteiger partial charge in [-0.15, -0.1) is 0 Å². The van der Waals surface area contributed by atoms with Gasteiger partial charge >= 0.3 is 6.09 Å². The van der Waals surface area contributed by atoms with Gasteiger partial charge in [-0.2, -0.15) is 0 Å². The Bertz CT molecular complexity index is 986. The number of anilines is 1. The molecular formula is C19H29N3O6S2. The SMILES string of the molecule is CCOC(=O)N1CCC(NS(=O)(=O)c2ccc(N3CCCCS3(=O)=O)cc2C)CC1. The van der Waals surface area contributed by atoms with Gasteiger partial charge in [-0.25, -0.2) is 26.4 Å². The molecule has 1 aromatic rings. The van der Waals surface area contributed by atoms with Crippen molar-refractivity contribution in [2.45, 2.75) is 50.5 Å². The number of aryl methyl sites for hydroxylation is 1. The minimum absolute atomic E-state index is 0.109. The van der Waals surface area contributed by atoms with E-state index < -0.39 is 20.0 Å². The van der Waals surface area contributed by atoms with Crippen LogP contribution in [0.4, 0.5) is 10.5 Å². The summed E-state index contributed by atoms with van der Waals surface area (Å²) in [6.45, 7) is 4.98. The lowest BCUT2D eigenvalue weighted by atomic mass is 10.1. The van der Waals surface area contributed by atoms with Crippen LogP contribution in [0.1, 0.15) is 38.2 Å². The number of benzene rings is 1. The molecule has 9 nitrogen and oxygen atoms in total. The Morgan fingerprint density at radius 2 is 1.90 bits per heavy atom. The number of hydrogen-bond acceptors (Lipinski definition) is 6. The Labute approximate surface area is 178 Å². The summed E-state index contributed by atoms with van der Waals surface area (Å²) in [5, 5.41) is 0. The van der Waals surface area contributed by atoms with Crippen LogP contribution >= 0.6 is 0 Å². The van der Waals surface area contributed by atoms with Crippen LogP contribution in [0.25, 0.3) is 0 Å². The molecule has 1 amide bonds. The molecule has 0 aliphatic carbocycles. The molecule has 0 atom stereocenters. The quantitative estimate of drug-likeness (QED) is 0.719. The zero-order chi connectivity index (χ0) is 21.9. The minimum Gasteiger partial charge on any atom is -0.450 e. The van der Waals surface area contributed by atoms with Crippen LogP contribution in [0.2, 0.25) is 0 Å². The zero-order valence-electron chi connectivity index (χ0n) is 17.3. The van der Waals surface area contributed by atoms with Crippen LogP contribution in [0.3, 0.4) is 0 Å². The van der Waals surface area contributed by atoms with Crippen LogP contribution in [-0.2, 0) is 24.8 Å². The number of nitrogens with zero attached hydrogens (tertiary/aromatic N) is 2. The highest BCUT2D eigenvalue weighted by Crippen LogP contribution is 2.28. The van der Waals surface area contributed by atoms with E-state index in [4.69, 9.17) is 4.74 Å². The monoisotopic (exact) mass is 459 g/mol. The lowest BCUT2D eigenvalue weighted by Gasteiger charge is -2.31. The van der Waals surface area contributed by atoms with Gasteiger partial charge in [0.15, 0.2) is 0 Å². The van der Waals surface area contributed by atoms with Gasteiger partial charge in [0.25, 0.3) is 0 Å². The van der Waals surface area contributed by atoms with E-state index in [2.05, 4.69) is 4.72 Å². The summed E-state index contributed by atoms with van der Waals surface area (Å²) in [5.41, 5.74) is 0.985. The largest absolute Gasteiger partial charge is 0.450 e. The molecule has 11 heteroatoms. The number of nitrogens with one attached hydrogen (secondary N) is 1. The molecule has 2 fully saturated rings. The summed E-state index contributed by atoms with van der Waals surface area (Å²) < 4.78 is 59.5. The fraction of sp³-hybridized carbons (Fsp3) is 0.632. The zero-order valence-corrected chi connectivity index (χ0v) is 19.0. The van der Waals surface area contributed by atoms with Crippen molar-refractivity contribution in [1.82, 2.24) is 9.62 Å². The summed E-state index contributed by atoms with van der Waals surface area (Å²) in [4.78, 5) is 13.5. The van der Waals surface area contributed by atoms with Crippen molar-refractivity contribution in [2.24, 2.45) is 0 Å². The third-order valence-corrected chi connectivity index (χ3v) is 8.98. The highest BCUT2D eigenvalue weighted by atomic mass is 32.2. The first-order chi connectivity index (χ1) is 14.1. The average Bonchev–Trinajstić information content (AvgIpc) is 2.67. The van der Waals surface area contributed by atoms with Crippen molar-refractivity contribution in [2.75, 3.05) is 36.3 Å². The molecule has 1 aromatic carbocycles. The van der Waals surface area contributed by atoms with E-state index in [9.17, 15) is 21.6 Å². The maximum absolute atomic E-state index is 12.9. The van der Waals surface area contributed by atoms with Gasteiger partial charge in [0.05, 0.1) is 22.9 Å². The molecule has 0 spiro atoms. The molecule has 1 N–H and O–H groups in total. The minimum atomic E-state index is -3.77. The van der Waals surface area contributed by atoms with E-state index >= 15 is 0 Å². The number of sulfonamides is 2. The molecule has 30 heavy (non-hydrogen) atoms. The van der Waals surface area contributed by atoms with E-state index in [1.54, 1.807) is 30.9 Å². The highest BCUT2D eigenvalue weighted by Gasteiger charge is 2.30. The van der Waals surface area contributed by atoms with E-state index in [0.29, 0.717) is 56.8 Å².